The molecule has 0 spiro atoms. The van der Waals surface area contributed by atoms with Crippen LogP contribution in [-0.4, -0.2) is 96.7 Å². The van der Waals surface area contributed by atoms with Gasteiger partial charge in [0.2, 0.25) is 0 Å². The second kappa shape index (κ2) is 70.1. The Hall–Kier alpha value is -5.32. The number of aliphatic hydroxyl groups is 1. The highest BCUT2D eigenvalue weighted by atomic mass is 31.2. The van der Waals surface area contributed by atoms with Gasteiger partial charge in [0.1, 0.15) is 19.3 Å². The van der Waals surface area contributed by atoms with Crippen LogP contribution in [0, 0.1) is 0 Å². The molecule has 0 saturated heterocycles. The fraction of sp³-hybridized carbons (Fsp3) is 0.620. The molecule has 0 saturated carbocycles. The molecular formula is C79H128O17P2. The van der Waals surface area contributed by atoms with E-state index in [-0.39, 0.29) is 25.7 Å². The average molecular weight is 1410 g/mol. The first-order chi connectivity index (χ1) is 47.7. The van der Waals surface area contributed by atoms with Gasteiger partial charge >= 0.3 is 39.5 Å². The number of carbonyl (C=O) groups excluding carboxylic acids is 4. The second-order valence-electron chi connectivity index (χ2n) is 23.8. The van der Waals surface area contributed by atoms with Crippen molar-refractivity contribution in [3.63, 3.8) is 0 Å². The van der Waals surface area contributed by atoms with Gasteiger partial charge in [0.25, 0.3) is 0 Å². The molecule has 0 aromatic carbocycles. The summed E-state index contributed by atoms with van der Waals surface area (Å²) in [4.78, 5) is 72.6. The summed E-state index contributed by atoms with van der Waals surface area (Å²) >= 11 is 0. The van der Waals surface area contributed by atoms with E-state index in [1.54, 1.807) is 18.2 Å². The fourth-order valence-electron chi connectivity index (χ4n) is 9.09. The number of carbonyl (C=O) groups is 4. The maximum Gasteiger partial charge on any atom is 0.472 e. The van der Waals surface area contributed by atoms with Crippen molar-refractivity contribution < 1.29 is 80.2 Å². The standard InChI is InChI=1S/C79H128O17P2/c1-5-9-13-17-21-25-29-32-35-36-39-41-45-48-52-56-60-64-77(82)89-69-74(95-78(83)65-61-57-53-49-43-28-24-20-16-12-8-4)71-93-97(85,86)91-67-73(80)68-92-98(87,88)94-72-75(96-79(84)66-62-58-54-50-46-42-38-34-31-27-23-19-15-11-7-3)70-90-76(81)63-59-55-51-47-44-40-37-33-30-26-22-18-14-10-6-2/h9-11,13-15,21-23,25-27,32-35,37-38,44,46-47,50,55,58-59,62,73-75,80H,5-8,12,16-20,24,28-31,36,39-43,45,48-49,51-54,56-57,60-61,63-72H2,1-4H3,(H,85,86)(H,87,88)/b13-9-,14-10-,15-11-,25-21-,26-22-,27-23-,35-32-,37-33-,38-34-,47-44-,50-46-,59-55-,62-58-. The number of unbranched alkanes of at least 4 members (excludes halogenated alkanes) is 17. The van der Waals surface area contributed by atoms with Crippen LogP contribution in [0.4, 0.5) is 0 Å². The lowest BCUT2D eigenvalue weighted by molar-refractivity contribution is -0.161. The molecule has 0 aromatic rings. The van der Waals surface area contributed by atoms with Crippen LogP contribution in [0.3, 0.4) is 0 Å². The summed E-state index contributed by atoms with van der Waals surface area (Å²) in [6, 6.07) is 0. The molecule has 5 unspecified atom stereocenters. The molecule has 0 rings (SSSR count). The van der Waals surface area contributed by atoms with Crippen molar-refractivity contribution in [2.24, 2.45) is 0 Å². The van der Waals surface area contributed by atoms with Crippen LogP contribution in [0.1, 0.15) is 259 Å². The summed E-state index contributed by atoms with van der Waals surface area (Å²) in [5, 5.41) is 10.6. The van der Waals surface area contributed by atoms with Crippen molar-refractivity contribution in [2.45, 2.75) is 277 Å². The highest BCUT2D eigenvalue weighted by molar-refractivity contribution is 7.47. The Morgan fingerprint density at radius 1 is 0.306 bits per heavy atom. The highest BCUT2D eigenvalue weighted by Crippen LogP contribution is 2.45. The van der Waals surface area contributed by atoms with Crippen molar-refractivity contribution >= 4 is 39.5 Å². The molecule has 17 nitrogen and oxygen atoms in total. The van der Waals surface area contributed by atoms with Crippen molar-refractivity contribution in [1.82, 2.24) is 0 Å². The highest BCUT2D eigenvalue weighted by Gasteiger charge is 2.30. The van der Waals surface area contributed by atoms with Gasteiger partial charge in [-0.15, -0.1) is 0 Å². The SMILES string of the molecule is CC/C=C\C/C=C\C/C=C\C/C=C\C/C=C\CC(=O)OCC(COP(=O)(O)OCC(O)COP(=O)(O)OCC(COC(=O)CCCCCCCCC/C=C\C/C=C\C/C=C\CC)OC(=O)CCCCCCCCCCCCC)OC(=O)C/C=C\C/C=C\C/C=C\C/C=C\C/C=C\CC. The topological polar surface area (TPSA) is 237 Å². The molecule has 0 fully saturated rings. The van der Waals surface area contributed by atoms with Crippen molar-refractivity contribution in [3.05, 3.63) is 158 Å². The van der Waals surface area contributed by atoms with E-state index in [4.69, 9.17) is 37.0 Å². The number of allylic oxidation sites excluding steroid dienone is 24. The lowest BCUT2D eigenvalue weighted by atomic mass is 10.1. The van der Waals surface area contributed by atoms with Crippen LogP contribution in [0.5, 0.6) is 0 Å². The lowest BCUT2D eigenvalue weighted by Crippen LogP contribution is -2.30. The summed E-state index contributed by atoms with van der Waals surface area (Å²) < 4.78 is 68.1. The Morgan fingerprint density at radius 2 is 0.582 bits per heavy atom. The van der Waals surface area contributed by atoms with Crippen molar-refractivity contribution in [1.29, 1.82) is 0 Å². The van der Waals surface area contributed by atoms with Gasteiger partial charge in [-0.05, 0) is 109 Å². The third-order valence-electron chi connectivity index (χ3n) is 14.6. The zero-order valence-electron chi connectivity index (χ0n) is 60.4. The van der Waals surface area contributed by atoms with E-state index >= 15 is 0 Å². The van der Waals surface area contributed by atoms with Gasteiger partial charge in [-0.2, -0.15) is 0 Å². The summed E-state index contributed by atoms with van der Waals surface area (Å²) in [6.07, 6.45) is 80.3. The third kappa shape index (κ3) is 69.2. The molecule has 0 amide bonds. The van der Waals surface area contributed by atoms with E-state index < -0.39 is 97.5 Å². The van der Waals surface area contributed by atoms with Crippen LogP contribution in [0.2, 0.25) is 0 Å². The van der Waals surface area contributed by atoms with Crippen LogP contribution in [0.25, 0.3) is 0 Å². The Labute approximate surface area is 591 Å². The molecule has 0 bridgehead atoms. The number of rotatable bonds is 67. The molecule has 5 atom stereocenters. The Balaban J connectivity index is 5.47. The number of hydrogen-bond acceptors (Lipinski definition) is 15. The number of ether oxygens (including phenoxy) is 4. The zero-order valence-corrected chi connectivity index (χ0v) is 62.2. The zero-order chi connectivity index (χ0) is 71.8. The molecule has 0 aliphatic heterocycles. The van der Waals surface area contributed by atoms with E-state index in [0.29, 0.717) is 25.7 Å². The molecule has 3 N–H and O–H groups in total. The Morgan fingerprint density at radius 3 is 0.949 bits per heavy atom. The van der Waals surface area contributed by atoms with E-state index in [1.807, 2.05) is 30.4 Å². The van der Waals surface area contributed by atoms with Gasteiger partial charge in [-0.1, -0.05) is 282 Å². The number of phosphoric acid groups is 2. The molecule has 0 heterocycles. The minimum atomic E-state index is -5.02. The number of hydrogen-bond donors (Lipinski definition) is 3. The first-order valence-corrected chi connectivity index (χ1v) is 39.7. The van der Waals surface area contributed by atoms with Gasteiger partial charge in [0.15, 0.2) is 12.2 Å². The molecular weight excluding hydrogens is 1280 g/mol. The molecule has 0 aromatic heterocycles. The van der Waals surface area contributed by atoms with Crippen molar-refractivity contribution in [3.8, 4) is 0 Å². The molecule has 0 aliphatic carbocycles. The third-order valence-corrected chi connectivity index (χ3v) is 16.5. The number of phosphoric ester groups is 2. The van der Waals surface area contributed by atoms with Gasteiger partial charge < -0.3 is 33.8 Å². The first-order valence-electron chi connectivity index (χ1n) is 36.7. The Bertz CT molecular complexity index is 2480. The smallest absolute Gasteiger partial charge is 0.462 e. The monoisotopic (exact) mass is 1410 g/mol. The van der Waals surface area contributed by atoms with E-state index in [0.717, 1.165) is 141 Å². The maximum absolute atomic E-state index is 13.0. The lowest BCUT2D eigenvalue weighted by Gasteiger charge is -2.21. The summed E-state index contributed by atoms with van der Waals surface area (Å²) in [7, 11) is -10.0. The van der Waals surface area contributed by atoms with Crippen LogP contribution >= 0.6 is 15.6 Å². The van der Waals surface area contributed by atoms with Gasteiger partial charge in [0, 0.05) is 12.8 Å². The first kappa shape index (κ1) is 92.7. The van der Waals surface area contributed by atoms with Gasteiger partial charge in [0.05, 0.1) is 39.3 Å². The normalized spacial score (nSPS) is 14.9. The summed E-state index contributed by atoms with van der Waals surface area (Å²) in [5.74, 6) is -2.49. The van der Waals surface area contributed by atoms with E-state index in [2.05, 4.69) is 137 Å². The minimum Gasteiger partial charge on any atom is -0.462 e. The number of aliphatic hydroxyl groups excluding tert-OH is 1. The van der Waals surface area contributed by atoms with Crippen LogP contribution < -0.4 is 0 Å². The maximum atomic E-state index is 13.0. The molecule has 0 radical (unpaired) electrons. The second-order valence-corrected chi connectivity index (χ2v) is 26.7. The van der Waals surface area contributed by atoms with Crippen molar-refractivity contribution in [2.75, 3.05) is 39.6 Å². The fourth-order valence-corrected chi connectivity index (χ4v) is 10.7. The van der Waals surface area contributed by atoms with Crippen LogP contribution in [0.15, 0.2) is 158 Å². The number of esters is 4. The minimum absolute atomic E-state index is 0.0859. The summed E-state index contributed by atoms with van der Waals surface area (Å²) in [6.45, 7) is 4.25. The van der Waals surface area contributed by atoms with Gasteiger partial charge in [-0.25, -0.2) is 9.13 Å². The van der Waals surface area contributed by atoms with Crippen LogP contribution in [-0.2, 0) is 65.4 Å². The van der Waals surface area contributed by atoms with Gasteiger partial charge in [-0.3, -0.25) is 37.3 Å². The quantitative estimate of drug-likeness (QED) is 0.0169. The molecule has 0 aliphatic rings. The summed E-state index contributed by atoms with van der Waals surface area (Å²) in [5.41, 5.74) is 0. The Kier molecular flexibility index (Phi) is 66.3. The molecule has 98 heavy (non-hydrogen) atoms. The molecule has 19 heteroatoms. The largest absolute Gasteiger partial charge is 0.472 e. The average Bonchev–Trinajstić information content (AvgIpc) is 0.982. The molecule has 556 valence electrons. The predicted molar refractivity (Wildman–Crippen MR) is 399 cm³/mol. The predicted octanol–water partition coefficient (Wildman–Crippen LogP) is 20.9. The van der Waals surface area contributed by atoms with E-state index in [9.17, 15) is 43.2 Å². The van der Waals surface area contributed by atoms with E-state index in [1.165, 1.54) is 38.5 Å².